The maximum Gasteiger partial charge on any atom is 0.0308 e. The molecule has 1 spiro atoms. The highest BCUT2D eigenvalue weighted by Crippen LogP contribution is 2.30. The highest BCUT2D eigenvalue weighted by Gasteiger charge is 2.34. The lowest BCUT2D eigenvalue weighted by atomic mass is 9.81. The van der Waals surface area contributed by atoms with Crippen molar-refractivity contribution >= 4 is 0 Å². The zero-order valence-electron chi connectivity index (χ0n) is 12.6. The second-order valence-electron chi connectivity index (χ2n) is 6.63. The van der Waals surface area contributed by atoms with Crippen molar-refractivity contribution in [3.05, 3.63) is 35.9 Å². The van der Waals surface area contributed by atoms with Crippen LogP contribution < -0.4 is 5.32 Å². The number of benzene rings is 1. The third-order valence-electron chi connectivity index (χ3n) is 5.05. The van der Waals surface area contributed by atoms with Crippen LogP contribution in [-0.4, -0.2) is 36.6 Å². The van der Waals surface area contributed by atoms with Gasteiger partial charge in [-0.05, 0) is 44.3 Å². The first kappa shape index (κ1) is 14.1. The van der Waals surface area contributed by atoms with Crippen LogP contribution in [0, 0.1) is 0 Å². The molecule has 2 aliphatic rings. The standard InChI is InChI=1S/C18H28N2/c1-3-8-17(9-4-1)10-15-20-14-7-13-19-18(16-20)11-5-2-6-12-18/h1,3-4,8-9,19H,2,5-7,10-16H2. The Kier molecular flexibility index (Phi) is 4.74. The lowest BCUT2D eigenvalue weighted by Gasteiger charge is -2.40. The Bertz CT molecular complexity index is 395. The summed E-state index contributed by atoms with van der Waals surface area (Å²) in [5.41, 5.74) is 1.91. The number of nitrogens with one attached hydrogen (secondary N) is 1. The highest BCUT2D eigenvalue weighted by molar-refractivity contribution is 5.15. The van der Waals surface area contributed by atoms with E-state index in [0.29, 0.717) is 5.54 Å². The normalized spacial score (nSPS) is 23.6. The van der Waals surface area contributed by atoms with Crippen LogP contribution in [0.15, 0.2) is 30.3 Å². The van der Waals surface area contributed by atoms with E-state index >= 15 is 0 Å². The Morgan fingerprint density at radius 1 is 1.00 bits per heavy atom. The zero-order valence-corrected chi connectivity index (χ0v) is 12.6. The van der Waals surface area contributed by atoms with Crippen LogP contribution in [0.5, 0.6) is 0 Å². The molecule has 0 amide bonds. The molecule has 1 aromatic carbocycles. The molecule has 1 saturated carbocycles. The summed E-state index contributed by atoms with van der Waals surface area (Å²) in [5.74, 6) is 0. The molecule has 0 radical (unpaired) electrons. The summed E-state index contributed by atoms with van der Waals surface area (Å²) in [4.78, 5) is 2.71. The molecular formula is C18H28N2. The van der Waals surface area contributed by atoms with E-state index in [1.165, 1.54) is 76.7 Å². The maximum atomic E-state index is 3.88. The molecule has 110 valence electrons. The summed E-state index contributed by atoms with van der Waals surface area (Å²) in [6.45, 7) is 4.96. The summed E-state index contributed by atoms with van der Waals surface area (Å²) in [5, 5.41) is 3.88. The van der Waals surface area contributed by atoms with E-state index in [1.807, 2.05) is 0 Å². The molecule has 2 nitrogen and oxygen atoms in total. The predicted octanol–water partition coefficient (Wildman–Crippen LogP) is 3.23. The first-order valence-corrected chi connectivity index (χ1v) is 8.38. The molecule has 0 unspecified atom stereocenters. The van der Waals surface area contributed by atoms with Crippen molar-refractivity contribution in [2.24, 2.45) is 0 Å². The summed E-state index contributed by atoms with van der Waals surface area (Å²) in [6.07, 6.45) is 9.53. The average molecular weight is 272 g/mol. The van der Waals surface area contributed by atoms with Gasteiger partial charge in [0.15, 0.2) is 0 Å². The molecule has 0 bridgehead atoms. The Hall–Kier alpha value is -0.860. The molecule has 20 heavy (non-hydrogen) atoms. The van der Waals surface area contributed by atoms with Crippen molar-refractivity contribution in [2.75, 3.05) is 26.2 Å². The van der Waals surface area contributed by atoms with Crippen molar-refractivity contribution in [3.8, 4) is 0 Å². The van der Waals surface area contributed by atoms with E-state index in [-0.39, 0.29) is 0 Å². The van der Waals surface area contributed by atoms with Gasteiger partial charge in [0.1, 0.15) is 0 Å². The molecule has 1 aliphatic carbocycles. The second-order valence-corrected chi connectivity index (χ2v) is 6.63. The summed E-state index contributed by atoms with van der Waals surface area (Å²) < 4.78 is 0. The van der Waals surface area contributed by atoms with Gasteiger partial charge in [0.2, 0.25) is 0 Å². The van der Waals surface area contributed by atoms with Crippen molar-refractivity contribution in [1.29, 1.82) is 0 Å². The first-order chi connectivity index (χ1) is 9.86. The third kappa shape index (κ3) is 3.62. The van der Waals surface area contributed by atoms with Crippen LogP contribution >= 0.6 is 0 Å². The van der Waals surface area contributed by atoms with Gasteiger partial charge < -0.3 is 10.2 Å². The van der Waals surface area contributed by atoms with Crippen LogP contribution in [-0.2, 0) is 6.42 Å². The number of hydrogen-bond donors (Lipinski definition) is 1. The van der Waals surface area contributed by atoms with Crippen LogP contribution in [0.25, 0.3) is 0 Å². The summed E-state index contributed by atoms with van der Waals surface area (Å²) >= 11 is 0. The average Bonchev–Trinajstić information content (AvgIpc) is 2.70. The SMILES string of the molecule is c1ccc(CCN2CCCNC3(CCCCC3)C2)cc1. The zero-order chi connectivity index (χ0) is 13.7. The van der Waals surface area contributed by atoms with Crippen LogP contribution in [0.4, 0.5) is 0 Å². The topological polar surface area (TPSA) is 15.3 Å². The molecule has 1 heterocycles. The fraction of sp³-hybridized carbons (Fsp3) is 0.667. The van der Waals surface area contributed by atoms with Crippen molar-refractivity contribution in [1.82, 2.24) is 10.2 Å². The van der Waals surface area contributed by atoms with Crippen molar-refractivity contribution in [3.63, 3.8) is 0 Å². The van der Waals surface area contributed by atoms with Crippen LogP contribution in [0.2, 0.25) is 0 Å². The van der Waals surface area contributed by atoms with Crippen molar-refractivity contribution < 1.29 is 0 Å². The van der Waals surface area contributed by atoms with Gasteiger partial charge in [0.05, 0.1) is 0 Å². The van der Waals surface area contributed by atoms with Gasteiger partial charge in [0.25, 0.3) is 0 Å². The number of hydrogen-bond acceptors (Lipinski definition) is 2. The monoisotopic (exact) mass is 272 g/mol. The van der Waals surface area contributed by atoms with Gasteiger partial charge in [-0.3, -0.25) is 0 Å². The molecule has 0 atom stereocenters. The Morgan fingerprint density at radius 2 is 1.80 bits per heavy atom. The molecule has 1 aliphatic heterocycles. The fourth-order valence-electron chi connectivity index (χ4n) is 3.91. The number of nitrogens with zero attached hydrogens (tertiary/aromatic N) is 1. The lowest BCUT2D eigenvalue weighted by Crippen LogP contribution is -2.52. The largest absolute Gasteiger partial charge is 0.310 e. The fourth-order valence-corrected chi connectivity index (χ4v) is 3.91. The Labute approximate surface area is 123 Å². The number of rotatable bonds is 3. The first-order valence-electron chi connectivity index (χ1n) is 8.38. The highest BCUT2D eigenvalue weighted by atomic mass is 15.2. The van der Waals surface area contributed by atoms with Gasteiger partial charge in [-0.2, -0.15) is 0 Å². The van der Waals surface area contributed by atoms with Gasteiger partial charge in [-0.25, -0.2) is 0 Å². The minimum Gasteiger partial charge on any atom is -0.310 e. The Morgan fingerprint density at radius 3 is 2.60 bits per heavy atom. The van der Waals surface area contributed by atoms with Gasteiger partial charge >= 0.3 is 0 Å². The smallest absolute Gasteiger partial charge is 0.0308 e. The van der Waals surface area contributed by atoms with Crippen LogP contribution in [0.1, 0.15) is 44.1 Å². The predicted molar refractivity (Wildman–Crippen MR) is 85.0 cm³/mol. The van der Waals surface area contributed by atoms with E-state index in [4.69, 9.17) is 0 Å². The Balaban J connectivity index is 1.58. The van der Waals surface area contributed by atoms with E-state index in [1.54, 1.807) is 0 Å². The quantitative estimate of drug-likeness (QED) is 0.909. The molecule has 2 heteroatoms. The minimum atomic E-state index is 0.436. The maximum absolute atomic E-state index is 3.88. The molecule has 1 saturated heterocycles. The van der Waals surface area contributed by atoms with Crippen LogP contribution in [0.3, 0.4) is 0 Å². The van der Waals surface area contributed by atoms with Gasteiger partial charge in [-0.15, -0.1) is 0 Å². The summed E-state index contributed by atoms with van der Waals surface area (Å²) in [7, 11) is 0. The van der Waals surface area contributed by atoms with E-state index in [0.717, 1.165) is 0 Å². The molecular weight excluding hydrogens is 244 g/mol. The molecule has 1 N–H and O–H groups in total. The second kappa shape index (κ2) is 6.73. The van der Waals surface area contributed by atoms with Crippen molar-refractivity contribution in [2.45, 2.75) is 50.5 Å². The third-order valence-corrected chi connectivity index (χ3v) is 5.05. The summed E-state index contributed by atoms with van der Waals surface area (Å²) in [6, 6.07) is 10.9. The van der Waals surface area contributed by atoms with Gasteiger partial charge in [-0.1, -0.05) is 49.6 Å². The minimum absolute atomic E-state index is 0.436. The molecule has 3 rings (SSSR count). The van der Waals surface area contributed by atoms with E-state index in [9.17, 15) is 0 Å². The molecule has 1 aromatic rings. The van der Waals surface area contributed by atoms with E-state index < -0.39 is 0 Å². The lowest BCUT2D eigenvalue weighted by molar-refractivity contribution is 0.165. The molecule has 2 fully saturated rings. The van der Waals surface area contributed by atoms with Gasteiger partial charge in [0, 0.05) is 18.6 Å². The molecule has 0 aromatic heterocycles. The van der Waals surface area contributed by atoms with E-state index in [2.05, 4.69) is 40.5 Å².